The molecule has 20 heavy (non-hydrogen) atoms. The van der Waals surface area contributed by atoms with Gasteiger partial charge >= 0.3 is 8.03 Å². The van der Waals surface area contributed by atoms with E-state index in [0.717, 1.165) is 13.0 Å². The van der Waals surface area contributed by atoms with E-state index in [1.54, 1.807) is 0 Å². The maximum atomic E-state index is 10.8. The van der Waals surface area contributed by atoms with Gasteiger partial charge in [0, 0.05) is 6.61 Å². The molecule has 0 radical (unpaired) electrons. The predicted molar refractivity (Wildman–Crippen MR) is 85.1 cm³/mol. The van der Waals surface area contributed by atoms with Gasteiger partial charge < -0.3 is 4.74 Å². The first kappa shape index (κ1) is 19.6. The molecule has 0 bridgehead atoms. The second-order valence-electron chi connectivity index (χ2n) is 5.01. The van der Waals surface area contributed by atoms with Gasteiger partial charge in [-0.15, -0.1) is 4.52 Å². The largest absolute Gasteiger partial charge is 0.603 e. The lowest BCUT2D eigenvalue weighted by atomic mass is 10.1. The van der Waals surface area contributed by atoms with Gasteiger partial charge in [0.25, 0.3) is 0 Å². The highest BCUT2D eigenvalue weighted by Gasteiger charge is 2.11. The first-order valence-corrected chi connectivity index (χ1v) is 9.13. The Balaban J connectivity index is 2.99. The Labute approximate surface area is 125 Å². The Morgan fingerprint density at radius 1 is 0.850 bits per heavy atom. The summed E-state index contributed by atoms with van der Waals surface area (Å²) in [5, 5.41) is 0. The van der Waals surface area contributed by atoms with Crippen molar-refractivity contribution in [1.29, 1.82) is 0 Å². The molecule has 0 aliphatic carbocycles. The van der Waals surface area contributed by atoms with Gasteiger partial charge in [0.2, 0.25) is 5.66 Å². The molecule has 0 spiro atoms. The van der Waals surface area contributed by atoms with Crippen molar-refractivity contribution in [2.45, 2.75) is 71.1 Å². The molecule has 0 heterocycles. The minimum absolute atomic E-state index is 0.317. The van der Waals surface area contributed by atoms with E-state index in [9.17, 15) is 4.57 Å². The Bertz CT molecular complexity index is 261. The van der Waals surface area contributed by atoms with Crippen LogP contribution in [0, 0.1) is 12.1 Å². The Hall–Kier alpha value is -0.420. The van der Waals surface area contributed by atoms with E-state index >= 15 is 0 Å². The lowest BCUT2D eigenvalue weighted by molar-refractivity contribution is 0.100. The third-order valence-corrected chi connectivity index (χ3v) is 3.81. The van der Waals surface area contributed by atoms with Gasteiger partial charge in [-0.2, -0.15) is 0 Å². The SMILES string of the molecule is C#C[P+](=O)OCCOCCCCCCCCCCCC. The number of ether oxygens (including phenoxy) is 1. The van der Waals surface area contributed by atoms with Crippen LogP contribution in [0.25, 0.3) is 0 Å². The number of rotatable bonds is 15. The van der Waals surface area contributed by atoms with Gasteiger partial charge in [-0.1, -0.05) is 71.1 Å². The molecule has 0 amide bonds. The molecular weight excluding hydrogens is 271 g/mol. The molecule has 0 aromatic carbocycles. The zero-order valence-corrected chi connectivity index (χ0v) is 13.8. The zero-order valence-electron chi connectivity index (χ0n) is 12.9. The van der Waals surface area contributed by atoms with E-state index in [0.29, 0.717) is 13.2 Å². The lowest BCUT2D eigenvalue weighted by Crippen LogP contribution is -2.02. The van der Waals surface area contributed by atoms with Crippen LogP contribution >= 0.6 is 8.03 Å². The summed E-state index contributed by atoms with van der Waals surface area (Å²) >= 11 is 0. The molecule has 0 saturated heterocycles. The maximum Gasteiger partial charge on any atom is 0.603 e. The van der Waals surface area contributed by atoms with Crippen LogP contribution < -0.4 is 0 Å². The molecule has 0 rings (SSSR count). The number of hydrogen-bond acceptors (Lipinski definition) is 3. The third-order valence-electron chi connectivity index (χ3n) is 3.18. The average molecular weight is 301 g/mol. The summed E-state index contributed by atoms with van der Waals surface area (Å²) in [6.45, 7) is 3.80. The molecule has 0 aliphatic rings. The van der Waals surface area contributed by atoms with Crippen molar-refractivity contribution in [3.05, 3.63) is 0 Å². The Morgan fingerprint density at radius 2 is 1.40 bits per heavy atom. The summed E-state index contributed by atoms with van der Waals surface area (Å²) in [7, 11) is -1.92. The highest BCUT2D eigenvalue weighted by molar-refractivity contribution is 7.45. The van der Waals surface area contributed by atoms with E-state index in [2.05, 4.69) is 6.92 Å². The van der Waals surface area contributed by atoms with Crippen molar-refractivity contribution in [3.63, 3.8) is 0 Å². The summed E-state index contributed by atoms with van der Waals surface area (Å²) in [5.41, 5.74) is 2.04. The summed E-state index contributed by atoms with van der Waals surface area (Å²) in [5.74, 6) is 0. The van der Waals surface area contributed by atoms with Crippen LogP contribution in [-0.4, -0.2) is 19.8 Å². The van der Waals surface area contributed by atoms with E-state index in [1.165, 1.54) is 57.8 Å². The summed E-state index contributed by atoms with van der Waals surface area (Å²) < 4.78 is 21.0. The molecule has 0 aromatic rings. The second kappa shape index (κ2) is 16.6. The molecule has 1 atom stereocenters. The second-order valence-corrected chi connectivity index (χ2v) is 6.04. The van der Waals surface area contributed by atoms with E-state index in [1.807, 2.05) is 5.66 Å². The number of terminal acetylenes is 1. The van der Waals surface area contributed by atoms with Crippen LogP contribution in [0.15, 0.2) is 0 Å². The predicted octanol–water partition coefficient (Wildman–Crippen LogP) is 5.27. The van der Waals surface area contributed by atoms with Crippen LogP contribution in [0.2, 0.25) is 0 Å². The molecular formula is C16H30O3P+. The van der Waals surface area contributed by atoms with Gasteiger partial charge in [-0.3, -0.25) is 0 Å². The van der Waals surface area contributed by atoms with Crippen molar-refractivity contribution in [3.8, 4) is 12.1 Å². The Kier molecular flexibility index (Phi) is 16.3. The number of unbranched alkanes of at least 4 members (excludes halogenated alkanes) is 9. The minimum Gasteiger partial charge on any atom is -0.379 e. The third kappa shape index (κ3) is 15.6. The van der Waals surface area contributed by atoms with Crippen LogP contribution in [-0.2, 0) is 13.8 Å². The monoisotopic (exact) mass is 301 g/mol. The van der Waals surface area contributed by atoms with Gasteiger partial charge in [0.1, 0.15) is 6.61 Å². The summed E-state index contributed by atoms with van der Waals surface area (Å²) in [4.78, 5) is 0. The van der Waals surface area contributed by atoms with Crippen molar-refractivity contribution >= 4 is 8.03 Å². The normalized spacial score (nSPS) is 11.3. The highest BCUT2D eigenvalue weighted by atomic mass is 31.1. The molecule has 3 nitrogen and oxygen atoms in total. The molecule has 0 fully saturated rings. The quantitative estimate of drug-likeness (QED) is 0.235. The Morgan fingerprint density at radius 3 is 1.95 bits per heavy atom. The molecule has 0 saturated carbocycles. The van der Waals surface area contributed by atoms with Gasteiger partial charge in [0.15, 0.2) is 0 Å². The van der Waals surface area contributed by atoms with Gasteiger partial charge in [-0.05, 0) is 11.0 Å². The first-order valence-electron chi connectivity index (χ1n) is 7.95. The number of hydrogen-bond donors (Lipinski definition) is 0. The van der Waals surface area contributed by atoms with Gasteiger partial charge in [0.05, 0.1) is 6.61 Å². The molecule has 116 valence electrons. The van der Waals surface area contributed by atoms with Crippen molar-refractivity contribution in [2.75, 3.05) is 19.8 Å². The van der Waals surface area contributed by atoms with Gasteiger partial charge in [-0.25, -0.2) is 0 Å². The van der Waals surface area contributed by atoms with E-state index in [4.69, 9.17) is 15.7 Å². The molecule has 0 N–H and O–H groups in total. The molecule has 0 aliphatic heterocycles. The smallest absolute Gasteiger partial charge is 0.379 e. The van der Waals surface area contributed by atoms with E-state index in [-0.39, 0.29) is 0 Å². The van der Waals surface area contributed by atoms with Crippen molar-refractivity contribution < 1.29 is 13.8 Å². The molecule has 4 heteroatoms. The lowest BCUT2D eigenvalue weighted by Gasteiger charge is -2.03. The maximum absolute atomic E-state index is 10.8. The van der Waals surface area contributed by atoms with E-state index < -0.39 is 8.03 Å². The highest BCUT2D eigenvalue weighted by Crippen LogP contribution is 2.17. The summed E-state index contributed by atoms with van der Waals surface area (Å²) in [6, 6.07) is 0. The fourth-order valence-electron chi connectivity index (χ4n) is 2.01. The standard InChI is InChI=1S/C16H30O3P/c1-3-5-6-7-8-9-10-11-12-13-14-18-15-16-19-20(17)4-2/h2H,3,5-16H2,1H3/q+1. The first-order chi connectivity index (χ1) is 9.81. The molecule has 0 aromatic heterocycles. The van der Waals surface area contributed by atoms with Crippen LogP contribution in [0.5, 0.6) is 0 Å². The average Bonchev–Trinajstić information content (AvgIpc) is 2.47. The fourth-order valence-corrected chi connectivity index (χ4v) is 2.32. The fraction of sp³-hybridized carbons (Fsp3) is 0.875. The molecule has 1 unspecified atom stereocenters. The van der Waals surface area contributed by atoms with Crippen LogP contribution in [0.3, 0.4) is 0 Å². The van der Waals surface area contributed by atoms with Crippen LogP contribution in [0.4, 0.5) is 0 Å². The zero-order chi connectivity index (χ0) is 14.9. The van der Waals surface area contributed by atoms with Crippen molar-refractivity contribution in [1.82, 2.24) is 0 Å². The van der Waals surface area contributed by atoms with Crippen molar-refractivity contribution in [2.24, 2.45) is 0 Å². The minimum atomic E-state index is -1.92. The van der Waals surface area contributed by atoms with Crippen LogP contribution in [0.1, 0.15) is 71.1 Å². The topological polar surface area (TPSA) is 35.5 Å². The summed E-state index contributed by atoms with van der Waals surface area (Å²) in [6.07, 6.45) is 18.2.